The monoisotopic (exact) mass is 404 g/mol. The standard InChI is InChI=1S/C25H24O5/c1-29-16-12-9-15(10-13-16)11-14-21(30-2)22-17-5-3-7-19(26)23(17)25(28)24-18(22)6-4-8-20(24)27/h3-10,12-13,21-22,26-27H,11,14H2,1-2H3. The summed E-state index contributed by atoms with van der Waals surface area (Å²) in [5.41, 5.74) is 3.07. The van der Waals surface area contributed by atoms with E-state index in [-0.39, 0.29) is 40.4 Å². The topological polar surface area (TPSA) is 76.0 Å². The number of ether oxygens (including phenoxy) is 2. The molecule has 0 saturated heterocycles. The van der Waals surface area contributed by atoms with E-state index in [0.717, 1.165) is 28.9 Å². The van der Waals surface area contributed by atoms with Gasteiger partial charge in [0.2, 0.25) is 5.78 Å². The fourth-order valence-corrected chi connectivity index (χ4v) is 4.34. The number of benzene rings is 3. The quantitative estimate of drug-likeness (QED) is 0.636. The van der Waals surface area contributed by atoms with Gasteiger partial charge in [-0.1, -0.05) is 36.4 Å². The van der Waals surface area contributed by atoms with Crippen molar-refractivity contribution in [2.45, 2.75) is 24.9 Å². The number of methoxy groups -OCH3 is 2. The Bertz CT molecular complexity index is 1020. The number of carbonyl (C=O) groups excluding carboxylic acids is 1. The normalized spacial score (nSPS) is 14.1. The number of fused-ring (bicyclic) bond motifs is 2. The highest BCUT2D eigenvalue weighted by Crippen LogP contribution is 2.45. The molecule has 3 aromatic carbocycles. The highest BCUT2D eigenvalue weighted by molar-refractivity contribution is 6.15. The molecule has 0 heterocycles. The molecule has 1 atom stereocenters. The minimum Gasteiger partial charge on any atom is -0.507 e. The molecule has 1 unspecified atom stereocenters. The van der Waals surface area contributed by atoms with Crippen LogP contribution in [-0.4, -0.2) is 36.3 Å². The van der Waals surface area contributed by atoms with Crippen LogP contribution in [0.25, 0.3) is 0 Å². The molecule has 1 aliphatic rings. The summed E-state index contributed by atoms with van der Waals surface area (Å²) < 4.78 is 11.1. The third-order valence-electron chi connectivity index (χ3n) is 5.82. The van der Waals surface area contributed by atoms with Crippen molar-refractivity contribution in [1.82, 2.24) is 0 Å². The summed E-state index contributed by atoms with van der Waals surface area (Å²) >= 11 is 0. The van der Waals surface area contributed by atoms with Gasteiger partial charge in [0.05, 0.1) is 24.3 Å². The SMILES string of the molecule is COc1ccc(CCC(OC)C2c3cccc(O)c3C(=O)c3c(O)cccc32)cc1. The first-order chi connectivity index (χ1) is 14.5. The molecule has 0 radical (unpaired) electrons. The van der Waals surface area contributed by atoms with E-state index in [9.17, 15) is 15.0 Å². The van der Waals surface area contributed by atoms with Crippen molar-refractivity contribution < 1.29 is 24.5 Å². The Balaban J connectivity index is 1.73. The maximum Gasteiger partial charge on any atom is 0.201 e. The number of hydrogen-bond donors (Lipinski definition) is 2. The second-order valence-corrected chi connectivity index (χ2v) is 7.45. The third kappa shape index (κ3) is 3.42. The van der Waals surface area contributed by atoms with Crippen LogP contribution < -0.4 is 4.74 Å². The molecular weight excluding hydrogens is 380 g/mol. The van der Waals surface area contributed by atoms with Crippen molar-refractivity contribution in [3.05, 3.63) is 88.5 Å². The maximum atomic E-state index is 13.1. The molecule has 0 spiro atoms. The van der Waals surface area contributed by atoms with Gasteiger partial charge >= 0.3 is 0 Å². The minimum absolute atomic E-state index is 0.0820. The zero-order valence-electron chi connectivity index (χ0n) is 17.0. The predicted molar refractivity (Wildman–Crippen MR) is 114 cm³/mol. The minimum atomic E-state index is -0.363. The number of aromatic hydroxyl groups is 2. The predicted octanol–water partition coefficient (Wildman–Crippen LogP) is 4.43. The molecule has 3 aromatic rings. The second kappa shape index (κ2) is 8.20. The van der Waals surface area contributed by atoms with E-state index in [2.05, 4.69) is 0 Å². The van der Waals surface area contributed by atoms with Crippen molar-refractivity contribution in [2.75, 3.05) is 14.2 Å². The van der Waals surface area contributed by atoms with E-state index >= 15 is 0 Å². The van der Waals surface area contributed by atoms with Gasteiger partial charge in [-0.2, -0.15) is 0 Å². The summed E-state index contributed by atoms with van der Waals surface area (Å²) in [5.74, 6) is -0.00272. The average molecular weight is 404 g/mol. The molecule has 5 nitrogen and oxygen atoms in total. The first kappa shape index (κ1) is 20.0. The molecule has 5 heteroatoms. The number of carbonyl (C=O) groups is 1. The van der Waals surface area contributed by atoms with E-state index in [1.807, 2.05) is 36.4 Å². The van der Waals surface area contributed by atoms with Crippen LogP contribution in [0.2, 0.25) is 0 Å². The van der Waals surface area contributed by atoms with Crippen LogP contribution in [0.1, 0.15) is 45.0 Å². The van der Waals surface area contributed by atoms with E-state index in [4.69, 9.17) is 9.47 Å². The summed E-state index contributed by atoms with van der Waals surface area (Å²) in [6.07, 6.45) is 1.22. The van der Waals surface area contributed by atoms with E-state index in [1.54, 1.807) is 26.4 Å². The lowest BCUT2D eigenvalue weighted by Crippen LogP contribution is -2.30. The molecule has 0 fully saturated rings. The van der Waals surface area contributed by atoms with Gasteiger partial charge in [0.25, 0.3) is 0 Å². The van der Waals surface area contributed by atoms with Gasteiger partial charge in [-0.25, -0.2) is 0 Å². The van der Waals surface area contributed by atoms with Crippen molar-refractivity contribution in [2.24, 2.45) is 0 Å². The Morgan fingerprint density at radius 2 is 1.43 bits per heavy atom. The summed E-state index contributed by atoms with van der Waals surface area (Å²) in [4.78, 5) is 13.1. The van der Waals surface area contributed by atoms with Gasteiger partial charge in [-0.3, -0.25) is 4.79 Å². The van der Waals surface area contributed by atoms with Gasteiger partial charge in [0.15, 0.2) is 0 Å². The van der Waals surface area contributed by atoms with Crippen molar-refractivity contribution in [1.29, 1.82) is 0 Å². The third-order valence-corrected chi connectivity index (χ3v) is 5.82. The molecule has 1 aliphatic carbocycles. The van der Waals surface area contributed by atoms with E-state index < -0.39 is 0 Å². The van der Waals surface area contributed by atoms with E-state index in [0.29, 0.717) is 6.42 Å². The average Bonchev–Trinajstić information content (AvgIpc) is 2.76. The highest BCUT2D eigenvalue weighted by atomic mass is 16.5. The molecule has 30 heavy (non-hydrogen) atoms. The first-order valence-electron chi connectivity index (χ1n) is 9.89. The number of hydrogen-bond acceptors (Lipinski definition) is 5. The van der Waals surface area contributed by atoms with Crippen LogP contribution in [0, 0.1) is 0 Å². The van der Waals surface area contributed by atoms with Gasteiger partial charge < -0.3 is 19.7 Å². The molecule has 2 N–H and O–H groups in total. The fraction of sp³-hybridized carbons (Fsp3) is 0.240. The zero-order valence-corrected chi connectivity index (χ0v) is 17.0. The molecule has 0 bridgehead atoms. The molecule has 154 valence electrons. The Labute approximate surface area is 175 Å². The maximum absolute atomic E-state index is 13.1. The lowest BCUT2D eigenvalue weighted by Gasteiger charge is -2.33. The van der Waals surface area contributed by atoms with Crippen LogP contribution in [0.3, 0.4) is 0 Å². The molecule has 0 aromatic heterocycles. The second-order valence-electron chi connectivity index (χ2n) is 7.45. The zero-order chi connectivity index (χ0) is 21.3. The number of ketones is 1. The molecule has 0 aliphatic heterocycles. The Morgan fingerprint density at radius 3 is 1.93 bits per heavy atom. The lowest BCUT2D eigenvalue weighted by molar-refractivity contribution is 0.0794. The van der Waals surface area contributed by atoms with Crippen LogP contribution >= 0.6 is 0 Å². The number of phenolic OH excluding ortho intramolecular Hbond substituents is 2. The van der Waals surface area contributed by atoms with Gasteiger partial charge in [-0.05, 0) is 53.8 Å². The number of aryl methyl sites for hydroxylation is 1. The van der Waals surface area contributed by atoms with E-state index in [1.165, 1.54) is 12.1 Å². The van der Waals surface area contributed by atoms with Crippen LogP contribution in [0.15, 0.2) is 60.7 Å². The highest BCUT2D eigenvalue weighted by Gasteiger charge is 2.38. The van der Waals surface area contributed by atoms with Crippen LogP contribution in [-0.2, 0) is 11.2 Å². The van der Waals surface area contributed by atoms with Crippen LogP contribution in [0.4, 0.5) is 0 Å². The molecule has 0 saturated carbocycles. The summed E-state index contributed by atoms with van der Waals surface area (Å²) in [6.45, 7) is 0. The van der Waals surface area contributed by atoms with Gasteiger partial charge in [0.1, 0.15) is 17.2 Å². The van der Waals surface area contributed by atoms with Crippen molar-refractivity contribution in [3.63, 3.8) is 0 Å². The Morgan fingerprint density at radius 1 is 0.867 bits per heavy atom. The number of rotatable bonds is 6. The Kier molecular flexibility index (Phi) is 5.46. The van der Waals surface area contributed by atoms with Gasteiger partial charge in [-0.15, -0.1) is 0 Å². The van der Waals surface area contributed by atoms with Crippen molar-refractivity contribution >= 4 is 5.78 Å². The fourth-order valence-electron chi connectivity index (χ4n) is 4.34. The molecule has 0 amide bonds. The lowest BCUT2D eigenvalue weighted by atomic mass is 9.73. The smallest absolute Gasteiger partial charge is 0.201 e. The van der Waals surface area contributed by atoms with Gasteiger partial charge in [0, 0.05) is 13.0 Å². The largest absolute Gasteiger partial charge is 0.507 e. The molecular formula is C25H24O5. The molecule has 4 rings (SSSR count). The number of phenols is 2. The summed E-state index contributed by atoms with van der Waals surface area (Å²) in [6, 6.07) is 18.1. The first-order valence-corrected chi connectivity index (χ1v) is 9.89. The summed E-state index contributed by atoms with van der Waals surface area (Å²) in [5, 5.41) is 20.8. The Hall–Kier alpha value is -3.31. The van der Waals surface area contributed by atoms with Crippen LogP contribution in [0.5, 0.6) is 17.2 Å². The summed E-state index contributed by atoms with van der Waals surface area (Å²) in [7, 11) is 3.29. The van der Waals surface area contributed by atoms with Crippen molar-refractivity contribution in [3.8, 4) is 17.2 Å².